The molecule has 0 heterocycles. The van der Waals surface area contributed by atoms with Crippen LogP contribution in [0.2, 0.25) is 0 Å². The van der Waals surface area contributed by atoms with Gasteiger partial charge in [0.15, 0.2) is 6.54 Å². The van der Waals surface area contributed by atoms with Crippen LogP contribution in [-0.4, -0.2) is 19.0 Å². The number of quaternary nitrogens is 1. The normalized spacial score (nSPS) is 15.2. The number of rotatable bonds is 7. The summed E-state index contributed by atoms with van der Waals surface area (Å²) in [5, 5.41) is 5.28. The minimum atomic E-state index is 0.141. The summed E-state index contributed by atoms with van der Waals surface area (Å²) in [6.45, 7) is 1.30. The SMILES string of the molecule is O=C(C[NH2+]C(c1ccccc1)c1ccccc1)NCC1CCCCC1. The van der Waals surface area contributed by atoms with E-state index in [1.807, 2.05) is 12.1 Å². The molecule has 1 fully saturated rings. The van der Waals surface area contributed by atoms with Gasteiger partial charge in [-0.15, -0.1) is 0 Å². The van der Waals surface area contributed by atoms with Gasteiger partial charge in [-0.05, 0) is 18.8 Å². The van der Waals surface area contributed by atoms with Gasteiger partial charge >= 0.3 is 0 Å². The molecule has 2 aromatic rings. The van der Waals surface area contributed by atoms with Crippen molar-refractivity contribution in [1.29, 1.82) is 0 Å². The van der Waals surface area contributed by atoms with Gasteiger partial charge in [-0.3, -0.25) is 4.79 Å². The molecular formula is C22H29N2O+. The van der Waals surface area contributed by atoms with E-state index >= 15 is 0 Å². The summed E-state index contributed by atoms with van der Waals surface area (Å²) in [5.41, 5.74) is 2.46. The summed E-state index contributed by atoms with van der Waals surface area (Å²) in [5.74, 6) is 0.819. The van der Waals surface area contributed by atoms with E-state index in [4.69, 9.17) is 0 Å². The summed E-state index contributed by atoms with van der Waals surface area (Å²) < 4.78 is 0. The topological polar surface area (TPSA) is 45.7 Å². The van der Waals surface area contributed by atoms with Gasteiger partial charge in [0.25, 0.3) is 5.91 Å². The molecule has 132 valence electrons. The Hall–Kier alpha value is -2.13. The highest BCUT2D eigenvalue weighted by atomic mass is 16.1. The first-order valence-corrected chi connectivity index (χ1v) is 9.53. The van der Waals surface area contributed by atoms with Crippen LogP contribution < -0.4 is 10.6 Å². The number of nitrogens with two attached hydrogens (primary N) is 1. The van der Waals surface area contributed by atoms with E-state index < -0.39 is 0 Å². The Labute approximate surface area is 150 Å². The maximum Gasteiger partial charge on any atom is 0.275 e. The average molecular weight is 337 g/mol. The first kappa shape index (κ1) is 17.7. The molecule has 3 rings (SSSR count). The standard InChI is InChI=1S/C22H28N2O/c25-21(23-16-18-10-4-1-5-11-18)17-24-22(19-12-6-2-7-13-19)20-14-8-3-9-15-20/h2-3,6-9,12-15,18,22,24H,1,4-5,10-11,16-17H2,(H,23,25)/p+1. The Bertz CT molecular complexity index is 596. The van der Waals surface area contributed by atoms with Gasteiger partial charge in [0.2, 0.25) is 0 Å². The van der Waals surface area contributed by atoms with Crippen LogP contribution in [0.5, 0.6) is 0 Å². The average Bonchev–Trinajstić information content (AvgIpc) is 2.69. The van der Waals surface area contributed by atoms with Gasteiger partial charge in [-0.1, -0.05) is 79.9 Å². The predicted molar refractivity (Wildman–Crippen MR) is 101 cm³/mol. The van der Waals surface area contributed by atoms with Crippen molar-refractivity contribution >= 4 is 5.91 Å². The summed E-state index contributed by atoms with van der Waals surface area (Å²) >= 11 is 0. The molecule has 3 heteroatoms. The fourth-order valence-corrected chi connectivity index (χ4v) is 3.73. The summed E-state index contributed by atoms with van der Waals surface area (Å²) in [7, 11) is 0. The zero-order valence-corrected chi connectivity index (χ0v) is 14.9. The van der Waals surface area contributed by atoms with Crippen molar-refractivity contribution in [1.82, 2.24) is 5.32 Å². The van der Waals surface area contributed by atoms with Crippen LogP contribution in [0, 0.1) is 5.92 Å². The molecule has 0 saturated heterocycles. The molecule has 0 unspecified atom stereocenters. The minimum Gasteiger partial charge on any atom is -0.351 e. The highest BCUT2D eigenvalue weighted by Crippen LogP contribution is 2.22. The van der Waals surface area contributed by atoms with Crippen LogP contribution in [0.4, 0.5) is 0 Å². The third-order valence-corrected chi connectivity index (χ3v) is 5.17. The molecule has 25 heavy (non-hydrogen) atoms. The highest BCUT2D eigenvalue weighted by Gasteiger charge is 2.19. The Kier molecular flexibility index (Phi) is 6.63. The van der Waals surface area contributed by atoms with Crippen molar-refractivity contribution < 1.29 is 10.1 Å². The fraction of sp³-hybridized carbons (Fsp3) is 0.409. The van der Waals surface area contributed by atoms with E-state index in [1.54, 1.807) is 0 Å². The van der Waals surface area contributed by atoms with Crippen molar-refractivity contribution in [2.45, 2.75) is 38.1 Å². The van der Waals surface area contributed by atoms with Crippen molar-refractivity contribution in [3.05, 3.63) is 71.8 Å². The molecule has 0 aliphatic heterocycles. The van der Waals surface area contributed by atoms with Crippen LogP contribution in [0.3, 0.4) is 0 Å². The maximum absolute atomic E-state index is 12.3. The molecule has 3 nitrogen and oxygen atoms in total. The van der Waals surface area contributed by atoms with Gasteiger partial charge in [0, 0.05) is 17.7 Å². The Morgan fingerprint density at radius 2 is 1.48 bits per heavy atom. The second kappa shape index (κ2) is 9.38. The molecule has 3 N–H and O–H groups in total. The second-order valence-electron chi connectivity index (χ2n) is 7.05. The zero-order valence-electron chi connectivity index (χ0n) is 14.9. The van der Waals surface area contributed by atoms with Crippen molar-refractivity contribution in [3.63, 3.8) is 0 Å². The summed E-state index contributed by atoms with van der Waals surface area (Å²) in [6.07, 6.45) is 6.52. The van der Waals surface area contributed by atoms with Gasteiger partial charge in [0.1, 0.15) is 6.04 Å². The van der Waals surface area contributed by atoms with Crippen molar-refractivity contribution in [2.24, 2.45) is 5.92 Å². The first-order valence-electron chi connectivity index (χ1n) is 9.53. The quantitative estimate of drug-likeness (QED) is 0.801. The monoisotopic (exact) mass is 337 g/mol. The van der Waals surface area contributed by atoms with Crippen LogP contribution in [0.1, 0.15) is 49.3 Å². The van der Waals surface area contributed by atoms with Crippen LogP contribution in [0.25, 0.3) is 0 Å². The zero-order chi connectivity index (χ0) is 17.3. The third-order valence-electron chi connectivity index (χ3n) is 5.17. The lowest BCUT2D eigenvalue weighted by atomic mass is 9.89. The van der Waals surface area contributed by atoms with Gasteiger partial charge in [-0.2, -0.15) is 0 Å². The van der Waals surface area contributed by atoms with Gasteiger partial charge in [0.05, 0.1) is 0 Å². The Balaban J connectivity index is 1.56. The maximum atomic E-state index is 12.3. The molecule has 2 aromatic carbocycles. The second-order valence-corrected chi connectivity index (χ2v) is 7.05. The first-order chi connectivity index (χ1) is 12.3. The number of benzene rings is 2. The number of hydrogen-bond donors (Lipinski definition) is 2. The number of nitrogens with one attached hydrogen (secondary N) is 1. The summed E-state index contributed by atoms with van der Waals surface area (Å²) in [4.78, 5) is 12.3. The fourth-order valence-electron chi connectivity index (χ4n) is 3.73. The molecule has 0 bridgehead atoms. The lowest BCUT2D eigenvalue weighted by molar-refractivity contribution is -0.676. The third kappa shape index (κ3) is 5.43. The molecule has 0 atom stereocenters. The van der Waals surface area contributed by atoms with E-state index in [-0.39, 0.29) is 11.9 Å². The van der Waals surface area contributed by atoms with Gasteiger partial charge < -0.3 is 10.6 Å². The highest BCUT2D eigenvalue weighted by molar-refractivity contribution is 5.76. The summed E-state index contributed by atoms with van der Waals surface area (Å²) in [6, 6.07) is 21.0. The molecule has 1 aliphatic rings. The molecule has 0 radical (unpaired) electrons. The van der Waals surface area contributed by atoms with E-state index in [2.05, 4.69) is 59.2 Å². The van der Waals surface area contributed by atoms with Crippen LogP contribution in [0.15, 0.2) is 60.7 Å². The van der Waals surface area contributed by atoms with Crippen LogP contribution in [-0.2, 0) is 4.79 Å². The van der Waals surface area contributed by atoms with Crippen LogP contribution >= 0.6 is 0 Å². The molecule has 1 aliphatic carbocycles. The molecule has 0 spiro atoms. The number of carbonyl (C=O) groups excluding carboxylic acids is 1. The predicted octanol–water partition coefficient (Wildman–Crippen LogP) is 3.04. The molecular weight excluding hydrogens is 308 g/mol. The molecule has 1 saturated carbocycles. The Morgan fingerprint density at radius 1 is 0.920 bits per heavy atom. The smallest absolute Gasteiger partial charge is 0.275 e. The molecule has 1 amide bonds. The van der Waals surface area contributed by atoms with E-state index in [1.165, 1.54) is 43.2 Å². The van der Waals surface area contributed by atoms with E-state index in [0.717, 1.165) is 6.54 Å². The van der Waals surface area contributed by atoms with E-state index in [9.17, 15) is 4.79 Å². The molecule has 0 aromatic heterocycles. The lowest BCUT2D eigenvalue weighted by Crippen LogP contribution is -2.87. The van der Waals surface area contributed by atoms with Crippen molar-refractivity contribution in [3.8, 4) is 0 Å². The lowest BCUT2D eigenvalue weighted by Gasteiger charge is -2.22. The Morgan fingerprint density at radius 3 is 2.04 bits per heavy atom. The van der Waals surface area contributed by atoms with Gasteiger partial charge in [-0.25, -0.2) is 0 Å². The number of hydrogen-bond acceptors (Lipinski definition) is 1. The van der Waals surface area contributed by atoms with Crippen molar-refractivity contribution in [2.75, 3.05) is 13.1 Å². The number of carbonyl (C=O) groups is 1. The van der Waals surface area contributed by atoms with E-state index in [0.29, 0.717) is 12.5 Å². The minimum absolute atomic E-state index is 0.141. The largest absolute Gasteiger partial charge is 0.351 e. The number of amides is 1.